The van der Waals surface area contributed by atoms with E-state index in [-0.39, 0.29) is 6.61 Å². The predicted octanol–water partition coefficient (Wildman–Crippen LogP) is 1.96. The first-order chi connectivity index (χ1) is 9.20. The minimum absolute atomic E-state index is 0.0335. The summed E-state index contributed by atoms with van der Waals surface area (Å²) in [5.41, 5.74) is 3.01. The number of aromatic nitrogens is 2. The number of aliphatic hydroxyl groups is 1. The molecule has 0 saturated heterocycles. The van der Waals surface area contributed by atoms with Crippen LogP contribution in [0.1, 0.15) is 16.8 Å². The van der Waals surface area contributed by atoms with E-state index in [1.54, 1.807) is 6.20 Å². The first-order valence-corrected chi connectivity index (χ1v) is 6.38. The molecule has 2 heterocycles. The Morgan fingerprint density at radius 1 is 1.26 bits per heavy atom. The van der Waals surface area contributed by atoms with E-state index in [9.17, 15) is 0 Å². The maximum Gasteiger partial charge on any atom is 0.131 e. The average Bonchev–Trinajstić information content (AvgIpc) is 2.45. The Labute approximate surface area is 113 Å². The lowest BCUT2D eigenvalue weighted by atomic mass is 10.2. The van der Waals surface area contributed by atoms with E-state index in [0.717, 1.165) is 35.6 Å². The van der Waals surface area contributed by atoms with Crippen molar-refractivity contribution in [2.45, 2.75) is 20.0 Å². The largest absolute Gasteiger partial charge is 0.392 e. The summed E-state index contributed by atoms with van der Waals surface area (Å²) in [6.45, 7) is 2.91. The van der Waals surface area contributed by atoms with E-state index in [1.807, 2.05) is 44.4 Å². The molecule has 0 spiro atoms. The monoisotopic (exact) mass is 257 g/mol. The Kier molecular flexibility index (Phi) is 4.47. The van der Waals surface area contributed by atoms with E-state index in [0.29, 0.717) is 0 Å². The molecule has 0 amide bonds. The van der Waals surface area contributed by atoms with Crippen LogP contribution in [-0.4, -0.2) is 28.7 Å². The summed E-state index contributed by atoms with van der Waals surface area (Å²) in [7, 11) is 2.02. The lowest BCUT2D eigenvalue weighted by molar-refractivity contribution is 0.281. The highest BCUT2D eigenvalue weighted by atomic mass is 16.3. The van der Waals surface area contributed by atoms with Crippen LogP contribution in [0, 0.1) is 6.92 Å². The molecular formula is C15H19N3O. The lowest BCUT2D eigenvalue weighted by Gasteiger charge is -2.20. The molecule has 4 nitrogen and oxygen atoms in total. The summed E-state index contributed by atoms with van der Waals surface area (Å²) < 4.78 is 0. The van der Waals surface area contributed by atoms with Gasteiger partial charge >= 0.3 is 0 Å². The van der Waals surface area contributed by atoms with Gasteiger partial charge in [0, 0.05) is 38.1 Å². The first-order valence-electron chi connectivity index (χ1n) is 6.38. The smallest absolute Gasteiger partial charge is 0.131 e. The molecule has 2 aromatic heterocycles. The normalized spacial score (nSPS) is 10.5. The molecule has 0 aromatic carbocycles. The minimum Gasteiger partial charge on any atom is -0.392 e. The van der Waals surface area contributed by atoms with Crippen molar-refractivity contribution in [3.8, 4) is 0 Å². The summed E-state index contributed by atoms with van der Waals surface area (Å²) in [5.74, 6) is 0.952. The zero-order valence-corrected chi connectivity index (χ0v) is 11.4. The maximum absolute atomic E-state index is 9.08. The Hall–Kier alpha value is -1.94. The second-order valence-electron chi connectivity index (χ2n) is 4.63. The summed E-state index contributed by atoms with van der Waals surface area (Å²) in [4.78, 5) is 10.8. The van der Waals surface area contributed by atoms with E-state index < -0.39 is 0 Å². The summed E-state index contributed by atoms with van der Waals surface area (Å²) in [5, 5.41) is 9.08. The summed E-state index contributed by atoms with van der Waals surface area (Å²) in [6.07, 6.45) is 4.43. The molecule has 0 aliphatic heterocycles. The van der Waals surface area contributed by atoms with Gasteiger partial charge in [-0.15, -0.1) is 0 Å². The third-order valence-electron chi connectivity index (χ3n) is 3.08. The summed E-state index contributed by atoms with van der Waals surface area (Å²) >= 11 is 0. The van der Waals surface area contributed by atoms with Crippen LogP contribution in [0.3, 0.4) is 0 Å². The van der Waals surface area contributed by atoms with Crippen molar-refractivity contribution < 1.29 is 5.11 Å². The second kappa shape index (κ2) is 6.29. The van der Waals surface area contributed by atoms with Gasteiger partial charge in [0.05, 0.1) is 6.61 Å². The molecule has 0 unspecified atom stereocenters. The number of pyridine rings is 2. The quantitative estimate of drug-likeness (QED) is 0.889. The Morgan fingerprint density at radius 3 is 2.74 bits per heavy atom. The molecule has 0 bridgehead atoms. The van der Waals surface area contributed by atoms with Gasteiger partial charge in [0.15, 0.2) is 0 Å². The fourth-order valence-electron chi connectivity index (χ4n) is 2.05. The molecule has 0 atom stereocenters. The standard InChI is InChI=1S/C15H19N3O/c1-12-9-13(11-19)10-17-15(12)18(2)8-6-14-5-3-4-7-16-14/h3-5,7,9-10,19H,6,8,11H2,1-2H3. The van der Waals surface area contributed by atoms with Gasteiger partial charge in [-0.1, -0.05) is 6.07 Å². The Morgan fingerprint density at radius 2 is 2.11 bits per heavy atom. The van der Waals surface area contributed by atoms with Crippen LogP contribution in [-0.2, 0) is 13.0 Å². The molecule has 2 rings (SSSR count). The van der Waals surface area contributed by atoms with Crippen LogP contribution in [0.25, 0.3) is 0 Å². The zero-order chi connectivity index (χ0) is 13.7. The SMILES string of the molecule is Cc1cc(CO)cnc1N(C)CCc1ccccn1. The average molecular weight is 257 g/mol. The van der Waals surface area contributed by atoms with Crippen molar-refractivity contribution in [3.63, 3.8) is 0 Å². The van der Waals surface area contributed by atoms with E-state index in [2.05, 4.69) is 14.9 Å². The van der Waals surface area contributed by atoms with E-state index >= 15 is 0 Å². The van der Waals surface area contributed by atoms with Crippen molar-refractivity contribution in [1.82, 2.24) is 9.97 Å². The molecule has 19 heavy (non-hydrogen) atoms. The van der Waals surface area contributed by atoms with Gasteiger partial charge in [-0.05, 0) is 36.2 Å². The van der Waals surface area contributed by atoms with Crippen molar-refractivity contribution in [3.05, 3.63) is 53.5 Å². The molecule has 1 N–H and O–H groups in total. The number of nitrogens with zero attached hydrogens (tertiary/aromatic N) is 3. The molecule has 100 valence electrons. The number of hydrogen-bond donors (Lipinski definition) is 1. The zero-order valence-electron chi connectivity index (χ0n) is 11.4. The fourth-order valence-corrected chi connectivity index (χ4v) is 2.05. The highest BCUT2D eigenvalue weighted by molar-refractivity contribution is 5.46. The highest BCUT2D eigenvalue weighted by Gasteiger charge is 2.07. The number of aryl methyl sites for hydroxylation is 1. The third-order valence-corrected chi connectivity index (χ3v) is 3.08. The highest BCUT2D eigenvalue weighted by Crippen LogP contribution is 2.17. The lowest BCUT2D eigenvalue weighted by Crippen LogP contribution is -2.22. The van der Waals surface area contributed by atoms with Gasteiger partial charge in [0.25, 0.3) is 0 Å². The van der Waals surface area contributed by atoms with Crippen molar-refractivity contribution in [2.24, 2.45) is 0 Å². The molecule has 0 saturated carbocycles. The van der Waals surface area contributed by atoms with Gasteiger partial charge in [0.2, 0.25) is 0 Å². The predicted molar refractivity (Wildman–Crippen MR) is 76.1 cm³/mol. The topological polar surface area (TPSA) is 49.3 Å². The molecule has 2 aromatic rings. The number of hydrogen-bond acceptors (Lipinski definition) is 4. The maximum atomic E-state index is 9.08. The summed E-state index contributed by atoms with van der Waals surface area (Å²) in [6, 6.07) is 7.93. The third kappa shape index (κ3) is 3.51. The first kappa shape index (κ1) is 13.5. The van der Waals surface area contributed by atoms with Crippen molar-refractivity contribution in [1.29, 1.82) is 0 Å². The Balaban J connectivity index is 2.02. The molecule has 4 heteroatoms. The van der Waals surface area contributed by atoms with Crippen LogP contribution in [0.2, 0.25) is 0 Å². The molecule has 0 radical (unpaired) electrons. The van der Waals surface area contributed by atoms with Crippen LogP contribution < -0.4 is 4.90 Å². The molecular weight excluding hydrogens is 238 g/mol. The van der Waals surface area contributed by atoms with Crippen LogP contribution in [0.4, 0.5) is 5.82 Å². The Bertz CT molecular complexity index is 528. The van der Waals surface area contributed by atoms with Gasteiger partial charge in [-0.25, -0.2) is 4.98 Å². The van der Waals surface area contributed by atoms with Crippen LogP contribution in [0.5, 0.6) is 0 Å². The number of aliphatic hydroxyl groups excluding tert-OH is 1. The van der Waals surface area contributed by atoms with E-state index in [4.69, 9.17) is 5.11 Å². The van der Waals surface area contributed by atoms with Crippen LogP contribution in [0.15, 0.2) is 36.7 Å². The van der Waals surface area contributed by atoms with Gasteiger partial charge in [-0.2, -0.15) is 0 Å². The fraction of sp³-hybridized carbons (Fsp3) is 0.333. The van der Waals surface area contributed by atoms with E-state index in [1.165, 1.54) is 0 Å². The molecule has 0 fully saturated rings. The number of anilines is 1. The second-order valence-corrected chi connectivity index (χ2v) is 4.63. The van der Waals surface area contributed by atoms with Gasteiger partial charge in [-0.3, -0.25) is 4.98 Å². The van der Waals surface area contributed by atoms with Gasteiger partial charge in [0.1, 0.15) is 5.82 Å². The number of rotatable bonds is 5. The number of likely N-dealkylation sites (N-methyl/N-ethyl adjacent to an activating group) is 1. The van der Waals surface area contributed by atoms with Crippen molar-refractivity contribution in [2.75, 3.05) is 18.5 Å². The molecule has 0 aliphatic rings. The van der Waals surface area contributed by atoms with Crippen molar-refractivity contribution >= 4 is 5.82 Å². The van der Waals surface area contributed by atoms with Gasteiger partial charge < -0.3 is 10.0 Å². The molecule has 0 aliphatic carbocycles. The minimum atomic E-state index is 0.0335. The van der Waals surface area contributed by atoms with Crippen LogP contribution >= 0.6 is 0 Å².